The van der Waals surface area contributed by atoms with Crippen LogP contribution in [0.3, 0.4) is 0 Å². The predicted octanol–water partition coefficient (Wildman–Crippen LogP) is 3.41. The Morgan fingerprint density at radius 3 is 2.38 bits per heavy atom. The normalized spacial score (nSPS) is 43.9. The highest BCUT2D eigenvalue weighted by atomic mass is 32.1. The van der Waals surface area contributed by atoms with Gasteiger partial charge in [-0.3, -0.25) is 10.9 Å². The highest BCUT2D eigenvalue weighted by Crippen LogP contribution is 2.65. The lowest BCUT2D eigenvalue weighted by atomic mass is 9.45. The molecule has 0 bridgehead atoms. The molecule has 8 heteroatoms. The second-order valence-corrected chi connectivity index (χ2v) is 10.9. The Bertz CT molecular complexity index is 764. The first kappa shape index (κ1) is 21.0. The minimum atomic E-state index is 0.199. The van der Waals surface area contributed by atoms with Gasteiger partial charge in [-0.25, -0.2) is 0 Å². The van der Waals surface area contributed by atoms with Crippen molar-refractivity contribution in [2.24, 2.45) is 56.2 Å². The summed E-state index contributed by atoms with van der Waals surface area (Å²) in [6.07, 6.45) is 10.8. The van der Waals surface area contributed by atoms with Crippen molar-refractivity contribution in [1.29, 1.82) is 0 Å². The van der Waals surface area contributed by atoms with Gasteiger partial charge in [0.25, 0.3) is 0 Å². The van der Waals surface area contributed by atoms with E-state index in [1.165, 1.54) is 49.9 Å². The lowest BCUT2D eigenvalue weighted by molar-refractivity contribution is -0.0815. The van der Waals surface area contributed by atoms with Crippen LogP contribution in [0.15, 0.2) is 10.2 Å². The van der Waals surface area contributed by atoms with Crippen molar-refractivity contribution in [3.8, 4) is 0 Å². The van der Waals surface area contributed by atoms with Crippen LogP contribution in [0.2, 0.25) is 0 Å². The number of hydrogen-bond acceptors (Lipinski definition) is 4. The topological polar surface area (TPSA) is 101 Å². The third-order valence-corrected chi connectivity index (χ3v) is 9.05. The third kappa shape index (κ3) is 3.67. The molecule has 0 aromatic carbocycles. The maximum atomic E-state index is 5.61. The zero-order valence-electron chi connectivity index (χ0n) is 17.5. The highest BCUT2D eigenvalue weighted by molar-refractivity contribution is 7.80. The molecule has 0 unspecified atom stereocenters. The van der Waals surface area contributed by atoms with Crippen molar-refractivity contribution in [2.75, 3.05) is 0 Å². The summed E-state index contributed by atoms with van der Waals surface area (Å²) in [5.41, 5.74) is 20.0. The molecule has 0 heterocycles. The number of nitrogens with one attached hydrogen (secondary N) is 2. The van der Waals surface area contributed by atoms with Crippen molar-refractivity contribution in [3.05, 3.63) is 0 Å². The first-order valence-electron chi connectivity index (χ1n) is 11.0. The molecule has 0 radical (unpaired) electrons. The zero-order chi connectivity index (χ0) is 20.8. The summed E-state index contributed by atoms with van der Waals surface area (Å²) >= 11 is 9.86. The smallest absolute Gasteiger partial charge is 0.184 e. The molecule has 4 saturated carbocycles. The van der Waals surface area contributed by atoms with E-state index >= 15 is 0 Å². The van der Waals surface area contributed by atoms with Gasteiger partial charge >= 0.3 is 0 Å². The van der Waals surface area contributed by atoms with E-state index in [4.69, 9.17) is 35.9 Å². The van der Waals surface area contributed by atoms with E-state index in [1.807, 2.05) is 0 Å². The lowest BCUT2D eigenvalue weighted by Crippen LogP contribution is -2.53. The van der Waals surface area contributed by atoms with E-state index in [2.05, 4.69) is 34.9 Å². The van der Waals surface area contributed by atoms with Crippen molar-refractivity contribution >= 4 is 46.1 Å². The summed E-state index contributed by atoms with van der Waals surface area (Å²) in [4.78, 5) is 0. The molecule has 0 aliphatic heterocycles. The molecule has 0 saturated heterocycles. The molecular weight excluding hydrogens is 400 g/mol. The van der Waals surface area contributed by atoms with Crippen LogP contribution in [0.1, 0.15) is 71.6 Å². The van der Waals surface area contributed by atoms with Gasteiger partial charge in [0, 0.05) is 16.8 Å². The van der Waals surface area contributed by atoms with Gasteiger partial charge < -0.3 is 11.5 Å². The molecule has 0 amide bonds. The van der Waals surface area contributed by atoms with Crippen LogP contribution in [0.5, 0.6) is 0 Å². The minimum absolute atomic E-state index is 0.199. The van der Waals surface area contributed by atoms with Crippen LogP contribution in [0.4, 0.5) is 0 Å². The lowest BCUT2D eigenvalue weighted by Gasteiger charge is -2.59. The highest BCUT2D eigenvalue weighted by Gasteiger charge is 2.59. The quantitative estimate of drug-likeness (QED) is 0.392. The molecule has 0 aromatic heterocycles. The van der Waals surface area contributed by atoms with Gasteiger partial charge in [-0.15, -0.1) is 0 Å². The summed E-state index contributed by atoms with van der Waals surface area (Å²) in [5, 5.41) is 9.61. The van der Waals surface area contributed by atoms with Crippen molar-refractivity contribution in [2.45, 2.75) is 71.6 Å². The molecule has 6 N–H and O–H groups in total. The largest absolute Gasteiger partial charge is 0.375 e. The zero-order valence-corrected chi connectivity index (χ0v) is 19.2. The molecule has 0 spiro atoms. The SMILES string of the molecule is C[C@]12CC/C(=N\NC(N)=S)C[C@@H]1CC[C@H]1[C@H]3CC/C(=N/NC(N)=S)[C@@]3(C)CC[C@@H]12. The monoisotopic (exact) mass is 434 g/mol. The number of hydrogen-bond donors (Lipinski definition) is 4. The Morgan fingerprint density at radius 1 is 0.931 bits per heavy atom. The maximum Gasteiger partial charge on any atom is 0.184 e. The summed E-state index contributed by atoms with van der Waals surface area (Å²) in [6, 6.07) is 0. The number of fused-ring (bicyclic) bond motifs is 5. The fraction of sp³-hybridized carbons (Fsp3) is 0.810. The first-order valence-corrected chi connectivity index (χ1v) is 11.8. The summed E-state index contributed by atoms with van der Waals surface area (Å²) in [6.45, 7) is 5.00. The van der Waals surface area contributed by atoms with Crippen LogP contribution >= 0.6 is 24.4 Å². The van der Waals surface area contributed by atoms with Crippen LogP contribution in [-0.4, -0.2) is 21.6 Å². The second-order valence-electron chi connectivity index (χ2n) is 10.0. The van der Waals surface area contributed by atoms with E-state index in [-0.39, 0.29) is 15.6 Å². The number of nitrogens with two attached hydrogens (primary N) is 2. The molecule has 160 valence electrons. The summed E-state index contributed by atoms with van der Waals surface area (Å²) < 4.78 is 0. The summed E-state index contributed by atoms with van der Waals surface area (Å²) in [7, 11) is 0. The molecule has 4 rings (SSSR count). The van der Waals surface area contributed by atoms with E-state index in [0.717, 1.165) is 42.9 Å². The van der Waals surface area contributed by atoms with Crippen LogP contribution in [0, 0.1) is 34.5 Å². The molecule has 29 heavy (non-hydrogen) atoms. The van der Waals surface area contributed by atoms with Crippen LogP contribution in [0.25, 0.3) is 0 Å². The molecule has 4 aliphatic carbocycles. The standard InChI is InChI=1S/C21H34N6S2/c1-20-9-7-13(24-26-18(22)28)11-12(20)3-4-14-15-5-6-17(25-27-19(23)29)21(15,2)10-8-16(14)20/h12,14-16H,3-11H2,1-2H3,(H3,22,26,28)(H3,23,27,29)/b24-13+,25-17-/t12-,14-,15+,16-,20-,21-/m0/s1. The van der Waals surface area contributed by atoms with Gasteiger partial charge in [0.1, 0.15) is 0 Å². The fourth-order valence-electron chi connectivity index (χ4n) is 7.39. The molecule has 6 atom stereocenters. The Morgan fingerprint density at radius 2 is 1.66 bits per heavy atom. The number of hydrazone groups is 2. The minimum Gasteiger partial charge on any atom is -0.375 e. The van der Waals surface area contributed by atoms with E-state index < -0.39 is 0 Å². The van der Waals surface area contributed by atoms with Crippen molar-refractivity contribution in [3.63, 3.8) is 0 Å². The number of nitrogens with zero attached hydrogens (tertiary/aromatic N) is 2. The molecule has 0 aromatic rings. The molecule has 4 aliphatic rings. The van der Waals surface area contributed by atoms with Gasteiger partial charge in [-0.05, 0) is 111 Å². The number of rotatable bonds is 2. The Balaban J connectivity index is 1.51. The second kappa shape index (κ2) is 7.76. The predicted molar refractivity (Wildman–Crippen MR) is 126 cm³/mol. The summed E-state index contributed by atoms with van der Waals surface area (Å²) in [5.74, 6) is 3.07. The van der Waals surface area contributed by atoms with E-state index in [1.54, 1.807) is 0 Å². The Kier molecular flexibility index (Phi) is 5.61. The van der Waals surface area contributed by atoms with Gasteiger partial charge in [-0.1, -0.05) is 13.8 Å². The Labute approximate surface area is 184 Å². The van der Waals surface area contributed by atoms with Gasteiger partial charge in [0.2, 0.25) is 0 Å². The average molecular weight is 435 g/mol. The molecular formula is C21H34N6S2. The maximum absolute atomic E-state index is 5.61. The van der Waals surface area contributed by atoms with Crippen molar-refractivity contribution < 1.29 is 0 Å². The van der Waals surface area contributed by atoms with E-state index in [9.17, 15) is 0 Å². The van der Waals surface area contributed by atoms with Crippen LogP contribution in [-0.2, 0) is 0 Å². The first-order chi connectivity index (χ1) is 13.7. The van der Waals surface area contributed by atoms with E-state index in [0.29, 0.717) is 5.41 Å². The fourth-order valence-corrected chi connectivity index (χ4v) is 7.48. The van der Waals surface area contributed by atoms with Crippen LogP contribution < -0.4 is 22.3 Å². The van der Waals surface area contributed by atoms with Crippen molar-refractivity contribution in [1.82, 2.24) is 10.9 Å². The van der Waals surface area contributed by atoms with Gasteiger partial charge in [0.05, 0.1) is 0 Å². The Hall–Kier alpha value is -1.28. The average Bonchev–Trinajstić information content (AvgIpc) is 3.01. The van der Waals surface area contributed by atoms with Gasteiger partial charge in [-0.2, -0.15) is 10.2 Å². The molecule has 4 fully saturated rings. The number of thiocarbonyl (C=S) groups is 2. The molecule has 6 nitrogen and oxygen atoms in total. The van der Waals surface area contributed by atoms with Gasteiger partial charge in [0.15, 0.2) is 10.2 Å². The third-order valence-electron chi connectivity index (χ3n) is 8.87.